The van der Waals surface area contributed by atoms with E-state index in [9.17, 15) is 4.79 Å². The molecule has 0 unspecified atom stereocenters. The number of rotatable bonds is 5. The third-order valence-corrected chi connectivity index (χ3v) is 3.33. The summed E-state index contributed by atoms with van der Waals surface area (Å²) in [5.41, 5.74) is 1.46. The van der Waals surface area contributed by atoms with Crippen LogP contribution >= 0.6 is 11.8 Å². The Hall–Kier alpha value is -2.55. The van der Waals surface area contributed by atoms with Crippen LogP contribution in [0, 0.1) is 0 Å². The summed E-state index contributed by atoms with van der Waals surface area (Å²) in [5.74, 6) is 0.131. The number of para-hydroxylation sites is 2. The molecule has 8 nitrogen and oxygen atoms in total. The molecule has 0 saturated carbocycles. The normalized spacial score (nSPS) is 10.7. The first-order valence-electron chi connectivity index (χ1n) is 5.99. The standard InChI is InChI=1S/C12H11N5O3S/c1-19-11-15-10(16-17-11)14-9(18)6-21-12-13-7-4-2-3-5-8(7)20-12/h2-5H,6H2,1H3,(H2,14,15,16,17,18). The Kier molecular flexibility index (Phi) is 3.73. The van der Waals surface area contributed by atoms with Crippen molar-refractivity contribution in [3.8, 4) is 6.01 Å². The minimum atomic E-state index is -0.249. The predicted molar refractivity (Wildman–Crippen MR) is 76.3 cm³/mol. The molecular formula is C12H11N5O3S. The van der Waals surface area contributed by atoms with Gasteiger partial charge in [-0.1, -0.05) is 23.9 Å². The molecule has 2 aromatic heterocycles. The molecule has 108 valence electrons. The first kappa shape index (κ1) is 13.4. The van der Waals surface area contributed by atoms with E-state index in [0.717, 1.165) is 5.52 Å². The number of amides is 1. The highest BCUT2D eigenvalue weighted by molar-refractivity contribution is 7.99. The largest absolute Gasteiger partial charge is 0.466 e. The number of methoxy groups -OCH3 is 1. The lowest BCUT2D eigenvalue weighted by Gasteiger charge is -1.98. The summed E-state index contributed by atoms with van der Waals surface area (Å²) < 4.78 is 10.3. The molecule has 0 aliphatic heterocycles. The smallest absolute Gasteiger partial charge is 0.336 e. The van der Waals surface area contributed by atoms with Crippen molar-refractivity contribution in [1.29, 1.82) is 0 Å². The number of ether oxygens (including phenoxy) is 1. The van der Waals surface area contributed by atoms with Gasteiger partial charge in [-0.2, -0.15) is 4.98 Å². The highest BCUT2D eigenvalue weighted by Crippen LogP contribution is 2.23. The number of carbonyl (C=O) groups is 1. The fraction of sp³-hybridized carbons (Fsp3) is 0.167. The number of aromatic amines is 1. The Morgan fingerprint density at radius 1 is 1.43 bits per heavy atom. The summed E-state index contributed by atoms with van der Waals surface area (Å²) in [5, 5.41) is 9.27. The number of anilines is 1. The number of thioether (sulfide) groups is 1. The number of aromatic nitrogens is 4. The van der Waals surface area contributed by atoms with Crippen molar-refractivity contribution in [1.82, 2.24) is 20.2 Å². The van der Waals surface area contributed by atoms with Crippen LogP contribution in [0.4, 0.5) is 5.95 Å². The van der Waals surface area contributed by atoms with Gasteiger partial charge in [-0.3, -0.25) is 10.1 Å². The van der Waals surface area contributed by atoms with Crippen LogP contribution in [-0.2, 0) is 4.79 Å². The number of hydrogen-bond donors (Lipinski definition) is 2. The minimum absolute atomic E-state index is 0.149. The molecule has 0 radical (unpaired) electrons. The number of fused-ring (bicyclic) bond motifs is 1. The van der Waals surface area contributed by atoms with Crippen LogP contribution in [0.15, 0.2) is 33.9 Å². The summed E-state index contributed by atoms with van der Waals surface area (Å²) in [6.07, 6.45) is 0. The molecule has 0 aliphatic rings. The molecule has 0 fully saturated rings. The molecule has 3 aromatic rings. The molecule has 0 saturated heterocycles. The van der Waals surface area contributed by atoms with E-state index in [-0.39, 0.29) is 23.6 Å². The van der Waals surface area contributed by atoms with E-state index in [1.807, 2.05) is 24.3 Å². The molecule has 0 atom stereocenters. The summed E-state index contributed by atoms with van der Waals surface area (Å²) in [7, 11) is 1.44. The van der Waals surface area contributed by atoms with Gasteiger partial charge in [0.05, 0.1) is 12.9 Å². The summed E-state index contributed by atoms with van der Waals surface area (Å²) in [6, 6.07) is 7.59. The van der Waals surface area contributed by atoms with Crippen molar-refractivity contribution in [2.45, 2.75) is 5.22 Å². The van der Waals surface area contributed by atoms with Gasteiger partial charge in [-0.05, 0) is 12.1 Å². The van der Waals surface area contributed by atoms with Crippen molar-refractivity contribution in [3.05, 3.63) is 24.3 Å². The Bertz CT molecular complexity index is 736. The maximum Gasteiger partial charge on any atom is 0.336 e. The number of oxazole rings is 1. The zero-order chi connectivity index (χ0) is 14.7. The average Bonchev–Trinajstić information content (AvgIpc) is 3.10. The number of nitrogens with one attached hydrogen (secondary N) is 2. The van der Waals surface area contributed by atoms with E-state index in [0.29, 0.717) is 10.8 Å². The van der Waals surface area contributed by atoms with E-state index < -0.39 is 0 Å². The van der Waals surface area contributed by atoms with Gasteiger partial charge in [0.25, 0.3) is 5.22 Å². The first-order valence-corrected chi connectivity index (χ1v) is 6.98. The van der Waals surface area contributed by atoms with Gasteiger partial charge in [-0.25, -0.2) is 10.1 Å². The van der Waals surface area contributed by atoms with Crippen LogP contribution in [0.3, 0.4) is 0 Å². The van der Waals surface area contributed by atoms with Gasteiger partial charge in [0.2, 0.25) is 11.9 Å². The molecule has 0 aliphatic carbocycles. The number of nitrogens with zero attached hydrogens (tertiary/aromatic N) is 3. The number of hydrogen-bond acceptors (Lipinski definition) is 7. The topological polar surface area (TPSA) is 106 Å². The second-order valence-electron chi connectivity index (χ2n) is 3.96. The molecule has 21 heavy (non-hydrogen) atoms. The predicted octanol–water partition coefficient (Wildman–Crippen LogP) is 1.69. The van der Waals surface area contributed by atoms with Gasteiger partial charge in [-0.15, -0.1) is 5.10 Å². The van der Waals surface area contributed by atoms with E-state index >= 15 is 0 Å². The first-order chi connectivity index (χ1) is 10.2. The van der Waals surface area contributed by atoms with Crippen molar-refractivity contribution in [3.63, 3.8) is 0 Å². The Morgan fingerprint density at radius 3 is 3.05 bits per heavy atom. The molecule has 2 heterocycles. The maximum atomic E-state index is 11.8. The van der Waals surface area contributed by atoms with Crippen molar-refractivity contribution in [2.75, 3.05) is 18.2 Å². The molecule has 0 spiro atoms. The fourth-order valence-electron chi connectivity index (χ4n) is 1.60. The zero-order valence-corrected chi connectivity index (χ0v) is 11.8. The number of carbonyl (C=O) groups excluding carboxylic acids is 1. The number of H-pyrrole nitrogens is 1. The third kappa shape index (κ3) is 3.14. The van der Waals surface area contributed by atoms with Gasteiger partial charge in [0.1, 0.15) is 5.52 Å². The number of benzene rings is 1. The highest BCUT2D eigenvalue weighted by atomic mass is 32.2. The second-order valence-corrected chi connectivity index (χ2v) is 4.88. The lowest BCUT2D eigenvalue weighted by Crippen LogP contribution is -2.15. The van der Waals surface area contributed by atoms with Crippen LogP contribution in [-0.4, -0.2) is 38.9 Å². The summed E-state index contributed by atoms with van der Waals surface area (Å²) in [6.45, 7) is 0. The molecule has 1 amide bonds. The zero-order valence-electron chi connectivity index (χ0n) is 11.0. The lowest BCUT2D eigenvalue weighted by molar-refractivity contribution is -0.113. The highest BCUT2D eigenvalue weighted by Gasteiger charge is 2.11. The average molecular weight is 305 g/mol. The molecule has 1 aromatic carbocycles. The quantitative estimate of drug-likeness (QED) is 0.691. The van der Waals surface area contributed by atoms with Crippen LogP contribution in [0.5, 0.6) is 6.01 Å². The van der Waals surface area contributed by atoms with Crippen molar-refractivity contribution >= 4 is 34.7 Å². The molecule has 9 heteroatoms. The lowest BCUT2D eigenvalue weighted by atomic mass is 10.3. The van der Waals surface area contributed by atoms with Gasteiger partial charge in [0, 0.05) is 0 Å². The Labute approximate surface area is 123 Å². The van der Waals surface area contributed by atoms with Gasteiger partial charge in [0.15, 0.2) is 5.58 Å². The molecule has 3 rings (SSSR count). The fourth-order valence-corrected chi connectivity index (χ4v) is 2.24. The maximum absolute atomic E-state index is 11.8. The van der Waals surface area contributed by atoms with Crippen LogP contribution in [0.2, 0.25) is 0 Å². The Balaban J connectivity index is 1.57. The monoisotopic (exact) mass is 305 g/mol. The van der Waals surface area contributed by atoms with Gasteiger partial charge < -0.3 is 9.15 Å². The molecule has 0 bridgehead atoms. The minimum Gasteiger partial charge on any atom is -0.466 e. The molecular weight excluding hydrogens is 294 g/mol. The van der Waals surface area contributed by atoms with Gasteiger partial charge >= 0.3 is 6.01 Å². The molecule has 2 N–H and O–H groups in total. The second kappa shape index (κ2) is 5.83. The van der Waals surface area contributed by atoms with E-state index in [2.05, 4.69) is 25.5 Å². The Morgan fingerprint density at radius 2 is 2.29 bits per heavy atom. The van der Waals surface area contributed by atoms with Crippen LogP contribution in [0.1, 0.15) is 0 Å². The van der Waals surface area contributed by atoms with E-state index in [1.165, 1.54) is 18.9 Å². The van der Waals surface area contributed by atoms with Crippen molar-refractivity contribution < 1.29 is 13.9 Å². The SMILES string of the molecule is COc1n[nH]c(NC(=O)CSc2nc3ccccc3o2)n1. The summed E-state index contributed by atoms with van der Waals surface area (Å²) in [4.78, 5) is 19.9. The van der Waals surface area contributed by atoms with Crippen molar-refractivity contribution in [2.24, 2.45) is 0 Å². The van der Waals surface area contributed by atoms with E-state index in [1.54, 1.807) is 0 Å². The van der Waals surface area contributed by atoms with Crippen LogP contribution < -0.4 is 10.1 Å². The van der Waals surface area contributed by atoms with Crippen LogP contribution in [0.25, 0.3) is 11.1 Å². The third-order valence-electron chi connectivity index (χ3n) is 2.51. The van der Waals surface area contributed by atoms with E-state index in [4.69, 9.17) is 9.15 Å². The summed E-state index contributed by atoms with van der Waals surface area (Å²) >= 11 is 1.20.